The van der Waals surface area contributed by atoms with Crippen molar-refractivity contribution in [2.45, 2.75) is 76.9 Å². The van der Waals surface area contributed by atoms with Gasteiger partial charge in [-0.1, -0.05) is 26.2 Å². The van der Waals surface area contributed by atoms with Crippen LogP contribution in [0, 0.1) is 0 Å². The van der Waals surface area contributed by atoms with Crippen molar-refractivity contribution in [3.63, 3.8) is 0 Å². The Balaban J connectivity index is 2.12. The molecular formula is C15H26N2O3. The van der Waals surface area contributed by atoms with Gasteiger partial charge in [0.2, 0.25) is 0 Å². The fourth-order valence-electron chi connectivity index (χ4n) is 3.16. The Morgan fingerprint density at radius 1 is 1.40 bits per heavy atom. The number of nitrogens with one attached hydrogen (secondary N) is 1. The van der Waals surface area contributed by atoms with Crippen molar-refractivity contribution in [1.29, 1.82) is 0 Å². The van der Waals surface area contributed by atoms with Crippen LogP contribution in [0.1, 0.15) is 59.3 Å². The summed E-state index contributed by atoms with van der Waals surface area (Å²) in [5, 5.41) is 3.40. The van der Waals surface area contributed by atoms with Crippen LogP contribution in [0.5, 0.6) is 0 Å². The van der Waals surface area contributed by atoms with E-state index in [9.17, 15) is 9.59 Å². The summed E-state index contributed by atoms with van der Waals surface area (Å²) in [6.07, 6.45) is 5.45. The monoisotopic (exact) mass is 282 g/mol. The molecule has 1 aliphatic carbocycles. The lowest BCUT2D eigenvalue weighted by molar-refractivity contribution is -0.144. The van der Waals surface area contributed by atoms with Gasteiger partial charge in [-0.15, -0.1) is 0 Å². The van der Waals surface area contributed by atoms with Crippen LogP contribution in [0.2, 0.25) is 0 Å². The number of rotatable bonds is 3. The highest BCUT2D eigenvalue weighted by Crippen LogP contribution is 2.31. The second-order valence-electron chi connectivity index (χ2n) is 6.37. The van der Waals surface area contributed by atoms with Crippen LogP contribution in [0.25, 0.3) is 0 Å². The molecule has 20 heavy (non-hydrogen) atoms. The Bertz CT molecular complexity index is 381. The summed E-state index contributed by atoms with van der Waals surface area (Å²) in [7, 11) is 0. The number of imide groups is 1. The SMILES string of the molecule is CCCCOC(=O)N1C(=O)C(C)(C)N[C@@H]2CCCC[C@H]21. The number of piperazine rings is 1. The highest BCUT2D eigenvalue weighted by molar-refractivity contribution is 5.98. The molecule has 1 N–H and O–H groups in total. The van der Waals surface area contributed by atoms with Gasteiger partial charge in [0, 0.05) is 6.04 Å². The Morgan fingerprint density at radius 2 is 2.10 bits per heavy atom. The molecule has 2 fully saturated rings. The maximum absolute atomic E-state index is 12.5. The molecule has 1 saturated carbocycles. The summed E-state index contributed by atoms with van der Waals surface area (Å²) in [5.41, 5.74) is -0.692. The van der Waals surface area contributed by atoms with Gasteiger partial charge >= 0.3 is 6.09 Å². The van der Waals surface area contributed by atoms with Gasteiger partial charge in [-0.2, -0.15) is 0 Å². The van der Waals surface area contributed by atoms with E-state index in [4.69, 9.17) is 4.74 Å². The van der Waals surface area contributed by atoms with E-state index in [0.29, 0.717) is 6.61 Å². The van der Waals surface area contributed by atoms with E-state index in [1.807, 2.05) is 20.8 Å². The second-order valence-corrected chi connectivity index (χ2v) is 6.37. The molecular weight excluding hydrogens is 256 g/mol. The number of fused-ring (bicyclic) bond motifs is 1. The maximum atomic E-state index is 12.5. The Hall–Kier alpha value is -1.10. The molecule has 0 unspecified atom stereocenters. The first-order valence-corrected chi connectivity index (χ1v) is 7.75. The molecule has 0 spiro atoms. The minimum atomic E-state index is -0.692. The average Bonchev–Trinajstić information content (AvgIpc) is 2.40. The summed E-state index contributed by atoms with van der Waals surface area (Å²) in [6, 6.07) is 0.161. The highest BCUT2D eigenvalue weighted by atomic mass is 16.6. The number of amides is 2. The topological polar surface area (TPSA) is 58.6 Å². The summed E-state index contributed by atoms with van der Waals surface area (Å²) in [4.78, 5) is 26.2. The first kappa shape index (κ1) is 15.3. The molecule has 0 aromatic carbocycles. The van der Waals surface area contributed by atoms with Crippen molar-refractivity contribution >= 4 is 12.0 Å². The van der Waals surface area contributed by atoms with Gasteiger partial charge in [0.25, 0.3) is 5.91 Å². The van der Waals surface area contributed by atoms with E-state index in [0.717, 1.165) is 38.5 Å². The first-order chi connectivity index (χ1) is 9.47. The van der Waals surface area contributed by atoms with Gasteiger partial charge in [0.15, 0.2) is 0 Å². The summed E-state index contributed by atoms with van der Waals surface area (Å²) in [5.74, 6) is -0.165. The van der Waals surface area contributed by atoms with Gasteiger partial charge < -0.3 is 4.74 Å². The van der Waals surface area contributed by atoms with Crippen LogP contribution >= 0.6 is 0 Å². The minimum Gasteiger partial charge on any atom is -0.449 e. The lowest BCUT2D eigenvalue weighted by atomic mass is 9.83. The molecule has 114 valence electrons. The molecule has 0 radical (unpaired) electrons. The van der Waals surface area contributed by atoms with Crippen molar-refractivity contribution in [2.75, 3.05) is 6.61 Å². The fraction of sp³-hybridized carbons (Fsp3) is 0.867. The molecule has 2 amide bonds. The van der Waals surface area contributed by atoms with Gasteiger partial charge in [-0.3, -0.25) is 10.1 Å². The molecule has 2 aliphatic rings. The van der Waals surface area contributed by atoms with Crippen molar-refractivity contribution in [2.24, 2.45) is 0 Å². The first-order valence-electron chi connectivity index (χ1n) is 7.75. The zero-order valence-electron chi connectivity index (χ0n) is 12.8. The minimum absolute atomic E-state index is 0.0431. The molecule has 2 atom stereocenters. The number of carbonyl (C=O) groups excluding carboxylic acids is 2. The van der Waals surface area contributed by atoms with Gasteiger partial charge in [0.1, 0.15) is 0 Å². The van der Waals surface area contributed by atoms with Gasteiger partial charge in [-0.25, -0.2) is 9.69 Å². The number of ether oxygens (including phenoxy) is 1. The highest BCUT2D eigenvalue weighted by Gasteiger charge is 2.49. The zero-order chi connectivity index (χ0) is 14.8. The molecule has 1 saturated heterocycles. The summed E-state index contributed by atoms with van der Waals surface area (Å²) < 4.78 is 5.27. The lowest BCUT2D eigenvalue weighted by Crippen LogP contribution is -2.71. The van der Waals surface area contributed by atoms with E-state index < -0.39 is 11.6 Å². The third-order valence-corrected chi connectivity index (χ3v) is 4.28. The molecule has 2 rings (SSSR count). The van der Waals surface area contributed by atoms with Gasteiger partial charge in [0.05, 0.1) is 18.2 Å². The van der Waals surface area contributed by atoms with Crippen molar-refractivity contribution in [3.05, 3.63) is 0 Å². The molecule has 1 aliphatic heterocycles. The number of hydrogen-bond acceptors (Lipinski definition) is 4. The van der Waals surface area contributed by atoms with Crippen LogP contribution in [0.3, 0.4) is 0 Å². The predicted octanol–water partition coefficient (Wildman–Crippen LogP) is 2.44. The third-order valence-electron chi connectivity index (χ3n) is 4.28. The molecule has 0 aromatic rings. The predicted molar refractivity (Wildman–Crippen MR) is 76.4 cm³/mol. The summed E-state index contributed by atoms with van der Waals surface area (Å²) >= 11 is 0. The third kappa shape index (κ3) is 2.97. The van der Waals surface area contributed by atoms with Crippen LogP contribution in [-0.4, -0.2) is 41.1 Å². The van der Waals surface area contributed by atoms with E-state index >= 15 is 0 Å². The van der Waals surface area contributed by atoms with E-state index in [1.54, 1.807) is 0 Å². The van der Waals surface area contributed by atoms with Crippen molar-refractivity contribution in [3.8, 4) is 0 Å². The van der Waals surface area contributed by atoms with Crippen molar-refractivity contribution in [1.82, 2.24) is 10.2 Å². The Morgan fingerprint density at radius 3 is 2.80 bits per heavy atom. The van der Waals surface area contributed by atoms with E-state index in [2.05, 4.69) is 5.32 Å². The number of carbonyl (C=O) groups is 2. The van der Waals surface area contributed by atoms with Crippen LogP contribution in [0.15, 0.2) is 0 Å². The van der Waals surface area contributed by atoms with E-state index in [-0.39, 0.29) is 18.0 Å². The van der Waals surface area contributed by atoms with Gasteiger partial charge in [-0.05, 0) is 33.1 Å². The van der Waals surface area contributed by atoms with Crippen LogP contribution in [-0.2, 0) is 9.53 Å². The van der Waals surface area contributed by atoms with Crippen LogP contribution < -0.4 is 5.32 Å². The second kappa shape index (κ2) is 6.12. The molecule has 5 nitrogen and oxygen atoms in total. The largest absolute Gasteiger partial charge is 0.449 e. The lowest BCUT2D eigenvalue weighted by Gasteiger charge is -2.48. The quantitative estimate of drug-likeness (QED) is 0.808. The smallest absolute Gasteiger partial charge is 0.416 e. The Labute approximate surface area is 121 Å². The average molecular weight is 282 g/mol. The normalized spacial score (nSPS) is 28.9. The Kier molecular flexibility index (Phi) is 4.68. The maximum Gasteiger partial charge on any atom is 0.416 e. The zero-order valence-corrected chi connectivity index (χ0v) is 12.8. The number of hydrogen-bond donors (Lipinski definition) is 1. The molecule has 0 bridgehead atoms. The standard InChI is InChI=1S/C15H26N2O3/c1-4-5-10-20-14(19)17-12-9-7-6-8-11(12)16-15(2,3)13(17)18/h11-12,16H,4-10H2,1-3H3/t11-,12-/m1/s1. The van der Waals surface area contributed by atoms with Crippen LogP contribution in [0.4, 0.5) is 4.79 Å². The molecule has 0 aromatic heterocycles. The van der Waals surface area contributed by atoms with E-state index in [1.165, 1.54) is 4.90 Å². The molecule has 5 heteroatoms. The van der Waals surface area contributed by atoms with Crippen molar-refractivity contribution < 1.29 is 14.3 Å². The summed E-state index contributed by atoms with van der Waals surface area (Å²) in [6.45, 7) is 6.12. The fourth-order valence-corrected chi connectivity index (χ4v) is 3.16. The number of unbranched alkanes of at least 4 members (excludes halogenated alkanes) is 1. The molecule has 1 heterocycles. The number of nitrogens with zero attached hydrogens (tertiary/aromatic N) is 1.